The molecule has 19 heavy (non-hydrogen) atoms. The summed E-state index contributed by atoms with van der Waals surface area (Å²) >= 11 is 0. The Balaban J connectivity index is 1.74. The molecule has 2 heterocycles. The van der Waals surface area contributed by atoms with Crippen molar-refractivity contribution < 1.29 is 19.1 Å². The Morgan fingerprint density at radius 3 is 2.95 bits per heavy atom. The van der Waals surface area contributed by atoms with Gasteiger partial charge in [0, 0.05) is 19.6 Å². The Kier molecular flexibility index (Phi) is 5.01. The number of hydrogen-bond donors (Lipinski definition) is 0. The molecule has 0 aromatic rings. The zero-order valence-electron chi connectivity index (χ0n) is 11.5. The quantitative estimate of drug-likeness (QED) is 0.689. The second kappa shape index (κ2) is 6.75. The summed E-state index contributed by atoms with van der Waals surface area (Å²) in [6.07, 6.45) is 1.69. The van der Waals surface area contributed by atoms with Gasteiger partial charge in [0.25, 0.3) is 0 Å². The highest BCUT2D eigenvalue weighted by molar-refractivity contribution is 5.72. The molecule has 1 unspecified atom stereocenters. The number of esters is 1. The van der Waals surface area contributed by atoms with Gasteiger partial charge in [0.2, 0.25) is 0 Å². The van der Waals surface area contributed by atoms with E-state index in [2.05, 4.69) is 4.90 Å². The first-order valence-electron chi connectivity index (χ1n) is 7.01. The number of hydrogen-bond acceptors (Lipinski definition) is 5. The van der Waals surface area contributed by atoms with E-state index in [0.717, 1.165) is 32.5 Å². The molecule has 1 amide bonds. The average molecular weight is 270 g/mol. The van der Waals surface area contributed by atoms with Gasteiger partial charge in [-0.05, 0) is 26.3 Å². The van der Waals surface area contributed by atoms with Crippen molar-refractivity contribution in [1.29, 1.82) is 0 Å². The van der Waals surface area contributed by atoms with Crippen molar-refractivity contribution in [3.63, 3.8) is 0 Å². The third-order valence-corrected chi connectivity index (χ3v) is 3.66. The number of rotatable bonds is 5. The lowest BCUT2D eigenvalue weighted by atomic mass is 9.98. The van der Waals surface area contributed by atoms with Crippen LogP contribution in [0, 0.1) is 5.92 Å². The Bertz CT molecular complexity index is 335. The number of nitrogens with zero attached hydrogens (tertiary/aromatic N) is 2. The first-order chi connectivity index (χ1) is 9.20. The van der Waals surface area contributed by atoms with Crippen LogP contribution in [0.2, 0.25) is 0 Å². The fourth-order valence-electron chi connectivity index (χ4n) is 2.60. The van der Waals surface area contributed by atoms with Crippen LogP contribution < -0.4 is 0 Å². The normalized spacial score (nSPS) is 24.4. The molecule has 0 spiro atoms. The van der Waals surface area contributed by atoms with E-state index in [-0.39, 0.29) is 18.0 Å². The maximum atomic E-state index is 11.7. The molecule has 108 valence electrons. The molecule has 6 nitrogen and oxygen atoms in total. The molecular formula is C13H22N2O4. The summed E-state index contributed by atoms with van der Waals surface area (Å²) < 4.78 is 9.97. The number of ether oxygens (including phenoxy) is 2. The van der Waals surface area contributed by atoms with E-state index in [1.165, 1.54) is 0 Å². The first-order valence-corrected chi connectivity index (χ1v) is 7.01. The van der Waals surface area contributed by atoms with Gasteiger partial charge in [-0.15, -0.1) is 0 Å². The van der Waals surface area contributed by atoms with Gasteiger partial charge in [-0.2, -0.15) is 0 Å². The first kappa shape index (κ1) is 14.1. The maximum absolute atomic E-state index is 11.7. The van der Waals surface area contributed by atoms with Crippen molar-refractivity contribution >= 4 is 12.1 Å². The standard InChI is InChI=1S/C13H22N2O4/c1-2-18-12(16)11-4-3-5-14(10-11)6-7-15-8-9-19-13(15)17/h11H,2-10H2,1H3. The van der Waals surface area contributed by atoms with E-state index < -0.39 is 0 Å². The van der Waals surface area contributed by atoms with Gasteiger partial charge in [0.05, 0.1) is 19.1 Å². The highest BCUT2D eigenvalue weighted by Gasteiger charge is 2.28. The van der Waals surface area contributed by atoms with Crippen molar-refractivity contribution in [3.8, 4) is 0 Å². The summed E-state index contributed by atoms with van der Waals surface area (Å²) in [6.45, 7) is 6.63. The van der Waals surface area contributed by atoms with Crippen LogP contribution in [-0.4, -0.2) is 67.8 Å². The smallest absolute Gasteiger partial charge is 0.409 e. The Morgan fingerprint density at radius 2 is 2.26 bits per heavy atom. The Labute approximate surface area is 113 Å². The minimum Gasteiger partial charge on any atom is -0.466 e. The largest absolute Gasteiger partial charge is 0.466 e. The monoisotopic (exact) mass is 270 g/mol. The molecule has 2 fully saturated rings. The van der Waals surface area contributed by atoms with E-state index in [9.17, 15) is 9.59 Å². The summed E-state index contributed by atoms with van der Waals surface area (Å²) in [5.74, 6) is -0.105. The number of cyclic esters (lactones) is 1. The van der Waals surface area contributed by atoms with Crippen LogP contribution in [0.25, 0.3) is 0 Å². The zero-order valence-corrected chi connectivity index (χ0v) is 11.5. The molecule has 2 saturated heterocycles. The molecule has 0 N–H and O–H groups in total. The number of amides is 1. The zero-order chi connectivity index (χ0) is 13.7. The fourth-order valence-corrected chi connectivity index (χ4v) is 2.60. The molecule has 0 aromatic heterocycles. The van der Waals surface area contributed by atoms with Crippen molar-refractivity contribution in [1.82, 2.24) is 9.80 Å². The van der Waals surface area contributed by atoms with E-state index in [4.69, 9.17) is 9.47 Å². The maximum Gasteiger partial charge on any atom is 0.409 e. The molecule has 2 aliphatic heterocycles. The van der Waals surface area contributed by atoms with Gasteiger partial charge in [-0.3, -0.25) is 4.79 Å². The van der Waals surface area contributed by atoms with Crippen molar-refractivity contribution in [2.75, 3.05) is 45.9 Å². The lowest BCUT2D eigenvalue weighted by molar-refractivity contribution is -0.149. The van der Waals surface area contributed by atoms with Gasteiger partial charge in [-0.25, -0.2) is 4.79 Å². The van der Waals surface area contributed by atoms with Crippen LogP contribution in [0.4, 0.5) is 4.79 Å². The van der Waals surface area contributed by atoms with Gasteiger partial charge < -0.3 is 19.3 Å². The van der Waals surface area contributed by atoms with Gasteiger partial charge in [0.1, 0.15) is 6.61 Å². The van der Waals surface area contributed by atoms with Gasteiger partial charge >= 0.3 is 12.1 Å². The summed E-state index contributed by atoms with van der Waals surface area (Å²) in [5, 5.41) is 0. The molecule has 0 saturated carbocycles. The molecule has 0 aromatic carbocycles. The number of likely N-dealkylation sites (tertiary alicyclic amines) is 1. The highest BCUT2D eigenvalue weighted by Crippen LogP contribution is 2.18. The predicted molar refractivity (Wildman–Crippen MR) is 68.7 cm³/mol. The number of piperidine rings is 1. The topological polar surface area (TPSA) is 59.1 Å². The van der Waals surface area contributed by atoms with E-state index in [0.29, 0.717) is 26.3 Å². The lowest BCUT2D eigenvalue weighted by Crippen LogP contribution is -2.43. The van der Waals surface area contributed by atoms with E-state index >= 15 is 0 Å². The molecule has 1 atom stereocenters. The molecule has 0 aliphatic carbocycles. The summed E-state index contributed by atoms with van der Waals surface area (Å²) in [5.41, 5.74) is 0. The molecule has 0 bridgehead atoms. The van der Waals surface area contributed by atoms with Crippen molar-refractivity contribution in [3.05, 3.63) is 0 Å². The minimum absolute atomic E-state index is 0.0146. The Hall–Kier alpha value is -1.30. The number of carbonyl (C=O) groups is 2. The predicted octanol–water partition coefficient (Wildman–Crippen LogP) is 0.714. The van der Waals surface area contributed by atoms with E-state index in [1.807, 2.05) is 6.92 Å². The summed E-state index contributed by atoms with van der Waals surface area (Å²) in [4.78, 5) is 27.0. The third kappa shape index (κ3) is 3.83. The van der Waals surface area contributed by atoms with Crippen LogP contribution >= 0.6 is 0 Å². The SMILES string of the molecule is CCOC(=O)C1CCCN(CCN2CCOC2=O)C1. The number of carbonyl (C=O) groups excluding carboxylic acids is 2. The van der Waals surface area contributed by atoms with E-state index in [1.54, 1.807) is 4.90 Å². The lowest BCUT2D eigenvalue weighted by Gasteiger charge is -2.32. The summed E-state index contributed by atoms with van der Waals surface area (Å²) in [6, 6.07) is 0. The van der Waals surface area contributed by atoms with Crippen molar-refractivity contribution in [2.24, 2.45) is 5.92 Å². The molecule has 0 radical (unpaired) electrons. The van der Waals surface area contributed by atoms with Crippen LogP contribution in [0.5, 0.6) is 0 Å². The second-order valence-electron chi connectivity index (χ2n) is 4.99. The van der Waals surface area contributed by atoms with Gasteiger partial charge in [0.15, 0.2) is 0 Å². The second-order valence-corrected chi connectivity index (χ2v) is 4.99. The third-order valence-electron chi connectivity index (χ3n) is 3.66. The fraction of sp³-hybridized carbons (Fsp3) is 0.846. The molecule has 6 heteroatoms. The van der Waals surface area contributed by atoms with Crippen LogP contribution in [0.3, 0.4) is 0 Å². The van der Waals surface area contributed by atoms with Crippen LogP contribution in [0.1, 0.15) is 19.8 Å². The minimum atomic E-state index is -0.223. The van der Waals surface area contributed by atoms with Crippen molar-refractivity contribution in [2.45, 2.75) is 19.8 Å². The molecule has 2 rings (SSSR count). The molecular weight excluding hydrogens is 248 g/mol. The highest BCUT2D eigenvalue weighted by atomic mass is 16.6. The average Bonchev–Trinajstić information content (AvgIpc) is 2.82. The van der Waals surface area contributed by atoms with Gasteiger partial charge in [-0.1, -0.05) is 0 Å². The van der Waals surface area contributed by atoms with Crippen LogP contribution in [0.15, 0.2) is 0 Å². The summed E-state index contributed by atoms with van der Waals surface area (Å²) in [7, 11) is 0. The van der Waals surface area contributed by atoms with Crippen LogP contribution in [-0.2, 0) is 14.3 Å². The Morgan fingerprint density at radius 1 is 1.42 bits per heavy atom. The molecule has 2 aliphatic rings.